The molecular formula is C9H9Cl2NOS. The van der Waals surface area contributed by atoms with Crippen molar-refractivity contribution in [2.24, 2.45) is 0 Å². The van der Waals surface area contributed by atoms with Crippen LogP contribution in [0.5, 0.6) is 0 Å². The summed E-state index contributed by atoms with van der Waals surface area (Å²) in [5.74, 6) is 0. The lowest BCUT2D eigenvalue weighted by Gasteiger charge is -2.04. The van der Waals surface area contributed by atoms with Crippen molar-refractivity contribution in [2.75, 3.05) is 0 Å². The second-order valence-corrected chi connectivity index (χ2v) is 4.11. The molecule has 76 valence electrons. The van der Waals surface area contributed by atoms with E-state index in [1.165, 1.54) is 0 Å². The SMILES string of the molecule is ONC(=S)CCc1ccc(Cl)cc1Cl. The van der Waals surface area contributed by atoms with E-state index in [2.05, 4.69) is 0 Å². The first-order valence-electron chi connectivity index (χ1n) is 4.00. The normalized spacial score (nSPS) is 9.93. The van der Waals surface area contributed by atoms with Crippen LogP contribution >= 0.6 is 35.4 Å². The highest BCUT2D eigenvalue weighted by molar-refractivity contribution is 7.80. The van der Waals surface area contributed by atoms with Gasteiger partial charge in [0.05, 0.1) is 0 Å². The van der Waals surface area contributed by atoms with Gasteiger partial charge in [0.25, 0.3) is 0 Å². The summed E-state index contributed by atoms with van der Waals surface area (Å²) >= 11 is 16.5. The van der Waals surface area contributed by atoms with Crippen molar-refractivity contribution in [3.63, 3.8) is 0 Å². The predicted octanol–water partition coefficient (Wildman–Crippen LogP) is 3.23. The van der Waals surface area contributed by atoms with Crippen molar-refractivity contribution >= 4 is 40.4 Å². The molecule has 0 aliphatic carbocycles. The monoisotopic (exact) mass is 249 g/mol. The molecule has 2 nitrogen and oxygen atoms in total. The minimum Gasteiger partial charge on any atom is -0.291 e. The molecule has 0 spiro atoms. The molecule has 0 unspecified atom stereocenters. The van der Waals surface area contributed by atoms with E-state index in [0.717, 1.165) is 5.56 Å². The number of aryl methyl sites for hydroxylation is 1. The summed E-state index contributed by atoms with van der Waals surface area (Å²) < 4.78 is 0. The third kappa shape index (κ3) is 3.42. The van der Waals surface area contributed by atoms with Crippen LogP contribution in [0, 0.1) is 0 Å². The molecule has 0 aromatic heterocycles. The minimum absolute atomic E-state index is 0.399. The van der Waals surface area contributed by atoms with Gasteiger partial charge in [-0.1, -0.05) is 41.5 Å². The Morgan fingerprint density at radius 2 is 2.14 bits per heavy atom. The van der Waals surface area contributed by atoms with Crippen LogP contribution in [0.15, 0.2) is 18.2 Å². The molecule has 0 bridgehead atoms. The Morgan fingerprint density at radius 1 is 1.43 bits per heavy atom. The number of benzene rings is 1. The van der Waals surface area contributed by atoms with Gasteiger partial charge in [0.1, 0.15) is 4.99 Å². The molecule has 0 fully saturated rings. The second kappa shape index (κ2) is 5.51. The van der Waals surface area contributed by atoms with Crippen molar-refractivity contribution < 1.29 is 5.21 Å². The van der Waals surface area contributed by atoms with E-state index in [9.17, 15) is 0 Å². The third-order valence-corrected chi connectivity index (χ3v) is 2.64. The lowest BCUT2D eigenvalue weighted by Crippen LogP contribution is -2.16. The number of hydrogen-bond acceptors (Lipinski definition) is 2. The van der Waals surface area contributed by atoms with E-state index < -0.39 is 0 Å². The van der Waals surface area contributed by atoms with Gasteiger partial charge in [-0.25, -0.2) is 0 Å². The molecule has 14 heavy (non-hydrogen) atoms. The number of hydroxylamine groups is 1. The fourth-order valence-electron chi connectivity index (χ4n) is 1.03. The standard InChI is InChI=1S/C9H9Cl2NOS/c10-7-3-1-6(8(11)5-7)2-4-9(14)12-13/h1,3,5,13H,2,4H2,(H,12,14). The number of thiocarbonyl (C=S) groups is 1. The Bertz CT molecular complexity index is 344. The quantitative estimate of drug-likeness (QED) is 0.638. The van der Waals surface area contributed by atoms with Gasteiger partial charge in [0.15, 0.2) is 0 Å². The molecule has 0 radical (unpaired) electrons. The van der Waals surface area contributed by atoms with Gasteiger partial charge in [-0.2, -0.15) is 0 Å². The van der Waals surface area contributed by atoms with E-state index in [1.807, 2.05) is 11.5 Å². The van der Waals surface area contributed by atoms with Gasteiger partial charge in [0, 0.05) is 16.5 Å². The number of nitrogens with one attached hydrogen (secondary N) is 1. The molecule has 0 saturated heterocycles. The molecule has 5 heteroatoms. The van der Waals surface area contributed by atoms with E-state index in [0.29, 0.717) is 27.9 Å². The van der Waals surface area contributed by atoms with Crippen molar-refractivity contribution in [1.29, 1.82) is 0 Å². The first-order valence-corrected chi connectivity index (χ1v) is 5.17. The Hall–Kier alpha value is -0.350. The molecule has 0 saturated carbocycles. The lowest BCUT2D eigenvalue weighted by molar-refractivity contribution is 0.235. The fourth-order valence-corrected chi connectivity index (χ4v) is 1.63. The van der Waals surface area contributed by atoms with E-state index in [4.69, 9.17) is 40.6 Å². The largest absolute Gasteiger partial charge is 0.291 e. The maximum Gasteiger partial charge on any atom is 0.100 e. The van der Waals surface area contributed by atoms with Crippen molar-refractivity contribution in [3.05, 3.63) is 33.8 Å². The molecule has 0 amide bonds. The summed E-state index contributed by atoms with van der Waals surface area (Å²) in [5, 5.41) is 9.72. The summed E-state index contributed by atoms with van der Waals surface area (Å²) in [7, 11) is 0. The minimum atomic E-state index is 0.399. The summed E-state index contributed by atoms with van der Waals surface area (Å²) in [5.41, 5.74) is 2.89. The molecule has 2 N–H and O–H groups in total. The zero-order chi connectivity index (χ0) is 10.6. The molecule has 1 aromatic rings. The van der Waals surface area contributed by atoms with Crippen molar-refractivity contribution in [2.45, 2.75) is 12.8 Å². The van der Waals surface area contributed by atoms with Gasteiger partial charge >= 0.3 is 0 Å². The Morgan fingerprint density at radius 3 is 2.71 bits per heavy atom. The zero-order valence-corrected chi connectivity index (χ0v) is 9.59. The number of hydrogen-bond donors (Lipinski definition) is 2. The Kier molecular flexibility index (Phi) is 4.62. The smallest absolute Gasteiger partial charge is 0.100 e. The summed E-state index contributed by atoms with van der Waals surface area (Å²) in [6.45, 7) is 0. The lowest BCUT2D eigenvalue weighted by atomic mass is 10.1. The maximum absolute atomic E-state index is 8.48. The van der Waals surface area contributed by atoms with Crippen LogP contribution in [-0.4, -0.2) is 10.2 Å². The van der Waals surface area contributed by atoms with Gasteiger partial charge < -0.3 is 0 Å². The number of halogens is 2. The highest BCUT2D eigenvalue weighted by Crippen LogP contribution is 2.21. The van der Waals surface area contributed by atoms with Gasteiger partial charge in [-0.05, 0) is 24.1 Å². The first kappa shape index (κ1) is 11.7. The van der Waals surface area contributed by atoms with E-state index in [1.54, 1.807) is 12.1 Å². The summed E-state index contributed by atoms with van der Waals surface area (Å²) in [6.07, 6.45) is 1.25. The first-order chi connectivity index (χ1) is 6.63. The molecule has 1 rings (SSSR count). The summed E-state index contributed by atoms with van der Waals surface area (Å²) in [4.78, 5) is 0.399. The highest BCUT2D eigenvalue weighted by Gasteiger charge is 2.02. The van der Waals surface area contributed by atoms with Crippen LogP contribution in [0.25, 0.3) is 0 Å². The fraction of sp³-hybridized carbons (Fsp3) is 0.222. The molecule has 0 aliphatic heterocycles. The average molecular weight is 250 g/mol. The number of rotatable bonds is 3. The van der Waals surface area contributed by atoms with Crippen LogP contribution < -0.4 is 5.48 Å². The topological polar surface area (TPSA) is 32.3 Å². The van der Waals surface area contributed by atoms with E-state index >= 15 is 0 Å². The predicted molar refractivity (Wildman–Crippen MR) is 62.3 cm³/mol. The van der Waals surface area contributed by atoms with Crippen LogP contribution in [0.2, 0.25) is 10.0 Å². The van der Waals surface area contributed by atoms with Crippen LogP contribution in [0.4, 0.5) is 0 Å². The van der Waals surface area contributed by atoms with Crippen molar-refractivity contribution in [3.8, 4) is 0 Å². The Balaban J connectivity index is 2.63. The zero-order valence-electron chi connectivity index (χ0n) is 7.26. The highest BCUT2D eigenvalue weighted by atomic mass is 35.5. The molecule has 0 heterocycles. The van der Waals surface area contributed by atoms with E-state index in [-0.39, 0.29) is 0 Å². The molecular weight excluding hydrogens is 241 g/mol. The second-order valence-electron chi connectivity index (χ2n) is 2.77. The van der Waals surface area contributed by atoms with Crippen LogP contribution in [0.1, 0.15) is 12.0 Å². The molecule has 1 aromatic carbocycles. The van der Waals surface area contributed by atoms with Crippen molar-refractivity contribution in [1.82, 2.24) is 5.48 Å². The Labute approximate surface area is 97.8 Å². The summed E-state index contributed by atoms with van der Waals surface area (Å²) in [6, 6.07) is 5.32. The van der Waals surface area contributed by atoms with Gasteiger partial charge in [0.2, 0.25) is 0 Å². The average Bonchev–Trinajstić information content (AvgIpc) is 2.16. The van der Waals surface area contributed by atoms with Gasteiger partial charge in [-0.15, -0.1) is 0 Å². The third-order valence-electron chi connectivity index (χ3n) is 1.76. The van der Waals surface area contributed by atoms with Crippen LogP contribution in [0.3, 0.4) is 0 Å². The molecule has 0 aliphatic rings. The molecule has 0 atom stereocenters. The van der Waals surface area contributed by atoms with Gasteiger partial charge in [-0.3, -0.25) is 10.7 Å². The maximum atomic E-state index is 8.48. The van der Waals surface area contributed by atoms with Crippen LogP contribution in [-0.2, 0) is 6.42 Å².